The minimum Gasteiger partial charge on any atom is -0.444 e. The van der Waals surface area contributed by atoms with Crippen LogP contribution >= 0.6 is 0 Å². The van der Waals surface area contributed by atoms with Gasteiger partial charge in [-0.25, -0.2) is 4.79 Å². The number of anilines is 1. The van der Waals surface area contributed by atoms with Crippen molar-refractivity contribution < 1.29 is 9.53 Å². The lowest BCUT2D eigenvalue weighted by Gasteiger charge is -2.43. The Morgan fingerprint density at radius 3 is 2.81 bits per heavy atom. The van der Waals surface area contributed by atoms with Gasteiger partial charge in [0, 0.05) is 12.1 Å². The van der Waals surface area contributed by atoms with Crippen molar-refractivity contribution in [3.05, 3.63) is 24.0 Å². The van der Waals surface area contributed by atoms with Gasteiger partial charge in [0.1, 0.15) is 6.10 Å². The highest BCUT2D eigenvalue weighted by atomic mass is 16.6. The molecule has 3 rings (SSSR count). The highest BCUT2D eigenvalue weighted by molar-refractivity contribution is 5.70. The number of hydrogen-bond acceptors (Lipinski definition) is 4. The normalized spacial score (nSPS) is 32.2. The third kappa shape index (κ3) is 2.57. The minimum absolute atomic E-state index is 0.0307. The molecule has 0 radical (unpaired) electrons. The zero-order valence-corrected chi connectivity index (χ0v) is 12.8. The Balaban J connectivity index is 1.92. The Bertz CT molecular complexity index is 553. The largest absolute Gasteiger partial charge is 0.444 e. The molecule has 4 unspecified atom stereocenters. The molecule has 5 nitrogen and oxygen atoms in total. The van der Waals surface area contributed by atoms with Gasteiger partial charge < -0.3 is 15.8 Å². The quantitative estimate of drug-likeness (QED) is 0.833. The van der Waals surface area contributed by atoms with E-state index < -0.39 is 0 Å². The maximum Gasteiger partial charge on any atom is 0.407 e. The third-order valence-electron chi connectivity index (χ3n) is 4.86. The molecule has 1 aromatic heterocycles. The van der Waals surface area contributed by atoms with E-state index in [4.69, 9.17) is 10.5 Å². The van der Waals surface area contributed by atoms with Gasteiger partial charge >= 0.3 is 6.09 Å². The van der Waals surface area contributed by atoms with Gasteiger partial charge in [-0.05, 0) is 35.8 Å². The number of alkyl carbamates (subject to hydrolysis) is 1. The molecule has 1 aliphatic heterocycles. The summed E-state index contributed by atoms with van der Waals surface area (Å²) in [5.41, 5.74) is 8.04. The van der Waals surface area contributed by atoms with Crippen molar-refractivity contribution in [1.29, 1.82) is 0 Å². The van der Waals surface area contributed by atoms with Crippen molar-refractivity contribution in [3.63, 3.8) is 0 Å². The number of carbonyl (C=O) groups is 1. The van der Waals surface area contributed by atoms with Crippen molar-refractivity contribution in [2.75, 3.05) is 5.73 Å². The maximum absolute atomic E-state index is 11.6. The molecular weight excluding hydrogens is 266 g/mol. The first kappa shape index (κ1) is 14.2. The number of hydrogen-bond donors (Lipinski definition) is 2. The number of fused-ring (bicyclic) bond motifs is 1. The van der Waals surface area contributed by atoms with Crippen molar-refractivity contribution >= 4 is 11.8 Å². The van der Waals surface area contributed by atoms with Crippen LogP contribution in [0.2, 0.25) is 0 Å². The Morgan fingerprint density at radius 1 is 1.38 bits per heavy atom. The summed E-state index contributed by atoms with van der Waals surface area (Å²) in [5.74, 6) is 0.647. The molecule has 2 fully saturated rings. The van der Waals surface area contributed by atoms with Crippen LogP contribution in [0.5, 0.6) is 0 Å². The smallest absolute Gasteiger partial charge is 0.407 e. The zero-order valence-electron chi connectivity index (χ0n) is 12.8. The molecule has 5 heteroatoms. The first-order chi connectivity index (χ1) is 9.86. The first-order valence-electron chi connectivity index (χ1n) is 7.53. The molecule has 4 atom stereocenters. The van der Waals surface area contributed by atoms with Crippen LogP contribution < -0.4 is 11.1 Å². The molecule has 0 spiro atoms. The van der Waals surface area contributed by atoms with Gasteiger partial charge in [0.05, 0.1) is 17.9 Å². The number of nitrogens with zero attached hydrogens (tertiary/aromatic N) is 1. The summed E-state index contributed by atoms with van der Waals surface area (Å²) in [6.45, 7) is 6.62. The highest BCUT2D eigenvalue weighted by Gasteiger charge is 2.49. The van der Waals surface area contributed by atoms with E-state index in [0.29, 0.717) is 11.8 Å². The lowest BCUT2D eigenvalue weighted by Crippen LogP contribution is -2.47. The third-order valence-corrected chi connectivity index (χ3v) is 4.86. The van der Waals surface area contributed by atoms with Crippen molar-refractivity contribution in [3.8, 4) is 0 Å². The van der Waals surface area contributed by atoms with E-state index in [9.17, 15) is 4.79 Å². The van der Waals surface area contributed by atoms with Gasteiger partial charge in [0.25, 0.3) is 0 Å². The summed E-state index contributed by atoms with van der Waals surface area (Å²) in [7, 11) is 0. The molecule has 1 saturated heterocycles. The summed E-state index contributed by atoms with van der Waals surface area (Å²) in [4.78, 5) is 15.7. The van der Waals surface area contributed by atoms with E-state index >= 15 is 0 Å². The fourth-order valence-electron chi connectivity index (χ4n) is 3.76. The van der Waals surface area contributed by atoms with Crippen molar-refractivity contribution in [2.45, 2.75) is 51.7 Å². The first-order valence-corrected chi connectivity index (χ1v) is 7.53. The van der Waals surface area contributed by atoms with Gasteiger partial charge in [-0.1, -0.05) is 20.8 Å². The number of aromatic nitrogens is 1. The van der Waals surface area contributed by atoms with Crippen LogP contribution in [-0.2, 0) is 4.74 Å². The summed E-state index contributed by atoms with van der Waals surface area (Å²) in [6.07, 6.45) is 5.02. The summed E-state index contributed by atoms with van der Waals surface area (Å²) in [6, 6.07) is 2.07. The van der Waals surface area contributed by atoms with Gasteiger partial charge in [-0.15, -0.1) is 0 Å². The molecule has 1 saturated carbocycles. The number of nitrogens with one attached hydrogen (secondary N) is 1. The van der Waals surface area contributed by atoms with E-state index in [1.54, 1.807) is 12.4 Å². The number of nitrogens with two attached hydrogens (primary N) is 1. The second-order valence-electron chi connectivity index (χ2n) is 7.27. The van der Waals surface area contributed by atoms with Crippen LogP contribution in [0.1, 0.15) is 45.1 Å². The fourth-order valence-corrected chi connectivity index (χ4v) is 3.76. The summed E-state index contributed by atoms with van der Waals surface area (Å²) in [5, 5.41) is 2.96. The second-order valence-corrected chi connectivity index (χ2v) is 7.27. The van der Waals surface area contributed by atoms with E-state index in [0.717, 1.165) is 24.1 Å². The standard InChI is InChI=1S/C16H23N3O2/c1-16(2,3)11-6-9(10-4-5-18-8-12(10)17)7-13-14(11)21-15(20)19-13/h4-5,8-9,11,13-14H,6-7,17H2,1-3H3,(H,19,20). The fraction of sp³-hybridized carbons (Fsp3) is 0.625. The van der Waals surface area contributed by atoms with Gasteiger partial charge in [-0.3, -0.25) is 4.98 Å². The van der Waals surface area contributed by atoms with Crippen molar-refractivity contribution in [1.82, 2.24) is 10.3 Å². The van der Waals surface area contributed by atoms with E-state index in [-0.39, 0.29) is 23.7 Å². The van der Waals surface area contributed by atoms with Crippen LogP contribution in [0.3, 0.4) is 0 Å². The van der Waals surface area contributed by atoms with E-state index in [1.165, 1.54) is 0 Å². The predicted octanol–water partition coefficient (Wildman–Crippen LogP) is 2.68. The number of rotatable bonds is 1. The summed E-state index contributed by atoms with van der Waals surface area (Å²) >= 11 is 0. The molecule has 21 heavy (non-hydrogen) atoms. The Labute approximate surface area is 125 Å². The molecule has 2 aliphatic rings. The lowest BCUT2D eigenvalue weighted by atomic mass is 9.65. The number of nitrogen functional groups attached to an aromatic ring is 1. The minimum atomic E-state index is -0.289. The van der Waals surface area contributed by atoms with E-state index in [1.807, 2.05) is 6.07 Å². The Hall–Kier alpha value is -1.78. The average molecular weight is 289 g/mol. The van der Waals surface area contributed by atoms with Crippen LogP contribution in [0.25, 0.3) is 0 Å². The van der Waals surface area contributed by atoms with Crippen LogP contribution in [0.4, 0.5) is 10.5 Å². The average Bonchev–Trinajstić information content (AvgIpc) is 2.76. The zero-order chi connectivity index (χ0) is 15.2. The molecule has 0 aromatic carbocycles. The SMILES string of the molecule is CC(C)(C)C1CC(c2ccncc2N)CC2NC(=O)OC21. The number of amides is 1. The van der Waals surface area contributed by atoms with Gasteiger partial charge in [0.15, 0.2) is 0 Å². The molecular formula is C16H23N3O2. The van der Waals surface area contributed by atoms with Gasteiger partial charge in [0.2, 0.25) is 0 Å². The molecule has 1 amide bonds. The van der Waals surface area contributed by atoms with Crippen LogP contribution in [0, 0.1) is 11.3 Å². The number of ether oxygens (including phenoxy) is 1. The lowest BCUT2D eigenvalue weighted by molar-refractivity contribution is 0.00909. The number of carbonyl (C=O) groups excluding carboxylic acids is 1. The van der Waals surface area contributed by atoms with Crippen molar-refractivity contribution in [2.24, 2.45) is 11.3 Å². The molecule has 2 heterocycles. The number of pyridine rings is 1. The second kappa shape index (κ2) is 4.90. The van der Waals surface area contributed by atoms with Crippen LogP contribution in [-0.4, -0.2) is 23.2 Å². The molecule has 0 bridgehead atoms. The Morgan fingerprint density at radius 2 is 2.14 bits per heavy atom. The molecule has 114 valence electrons. The van der Waals surface area contributed by atoms with Gasteiger partial charge in [-0.2, -0.15) is 0 Å². The maximum atomic E-state index is 11.6. The van der Waals surface area contributed by atoms with Crippen LogP contribution in [0.15, 0.2) is 18.5 Å². The summed E-state index contributed by atoms with van der Waals surface area (Å²) < 4.78 is 5.53. The monoisotopic (exact) mass is 289 g/mol. The predicted molar refractivity (Wildman–Crippen MR) is 80.8 cm³/mol. The van der Waals surface area contributed by atoms with E-state index in [2.05, 4.69) is 31.1 Å². The molecule has 3 N–H and O–H groups in total. The highest BCUT2D eigenvalue weighted by Crippen LogP contribution is 2.47. The molecule has 1 aliphatic carbocycles. The topological polar surface area (TPSA) is 77.2 Å². The Kier molecular flexibility index (Phi) is 3.30. The molecule has 1 aromatic rings.